The molecule has 0 spiro atoms. The molecule has 0 bridgehead atoms. The SMILES string of the molecule is COC(=O)c1ccc(-c2ccc(/C=C(/C#N)C(=O)Nc3c(C)cc(C)cc3C)o2)cc1. The number of hydrogen-bond donors (Lipinski definition) is 1. The molecular formula is C25H22N2O4. The second-order valence-corrected chi connectivity index (χ2v) is 7.17. The van der Waals surface area contributed by atoms with E-state index in [9.17, 15) is 14.9 Å². The lowest BCUT2D eigenvalue weighted by atomic mass is 10.0. The first-order chi connectivity index (χ1) is 14.8. The molecule has 156 valence electrons. The van der Waals surface area contributed by atoms with Crippen LogP contribution < -0.4 is 5.32 Å². The highest BCUT2D eigenvalue weighted by atomic mass is 16.5. The number of aryl methyl sites for hydroxylation is 3. The number of anilines is 1. The molecule has 0 aliphatic rings. The summed E-state index contributed by atoms with van der Waals surface area (Å²) < 4.78 is 10.5. The van der Waals surface area contributed by atoms with E-state index < -0.39 is 11.9 Å². The highest BCUT2D eigenvalue weighted by molar-refractivity contribution is 6.10. The number of amides is 1. The second kappa shape index (κ2) is 9.14. The van der Waals surface area contributed by atoms with Gasteiger partial charge in [-0.25, -0.2) is 4.79 Å². The summed E-state index contributed by atoms with van der Waals surface area (Å²) in [5, 5.41) is 12.3. The summed E-state index contributed by atoms with van der Waals surface area (Å²) in [5.74, 6) is -0.00189. The Morgan fingerprint density at radius 3 is 2.26 bits per heavy atom. The molecule has 0 saturated heterocycles. The third-order valence-corrected chi connectivity index (χ3v) is 4.78. The summed E-state index contributed by atoms with van der Waals surface area (Å²) in [5.41, 5.74) is 4.78. The average Bonchev–Trinajstić information content (AvgIpc) is 3.22. The summed E-state index contributed by atoms with van der Waals surface area (Å²) in [7, 11) is 1.33. The van der Waals surface area contributed by atoms with E-state index in [-0.39, 0.29) is 5.57 Å². The highest BCUT2D eigenvalue weighted by Crippen LogP contribution is 2.25. The van der Waals surface area contributed by atoms with Gasteiger partial charge in [0.1, 0.15) is 23.2 Å². The van der Waals surface area contributed by atoms with Crippen molar-refractivity contribution in [2.75, 3.05) is 12.4 Å². The minimum Gasteiger partial charge on any atom is -0.465 e. The molecule has 0 fully saturated rings. The van der Waals surface area contributed by atoms with Crippen LogP contribution in [0.15, 0.2) is 58.5 Å². The molecule has 0 aliphatic carbocycles. The highest BCUT2D eigenvalue weighted by Gasteiger charge is 2.14. The molecule has 3 rings (SSSR count). The molecule has 0 unspecified atom stereocenters. The fourth-order valence-electron chi connectivity index (χ4n) is 3.32. The van der Waals surface area contributed by atoms with Crippen molar-refractivity contribution in [1.29, 1.82) is 5.26 Å². The van der Waals surface area contributed by atoms with E-state index in [1.807, 2.05) is 39.0 Å². The van der Waals surface area contributed by atoms with Crippen molar-refractivity contribution in [1.82, 2.24) is 0 Å². The van der Waals surface area contributed by atoms with Crippen LogP contribution in [0.1, 0.15) is 32.8 Å². The first kappa shape index (κ1) is 21.6. The molecule has 1 amide bonds. The number of carbonyl (C=O) groups is 2. The zero-order chi connectivity index (χ0) is 22.5. The van der Waals surface area contributed by atoms with Crippen LogP contribution in [-0.4, -0.2) is 19.0 Å². The Balaban J connectivity index is 1.81. The Morgan fingerprint density at radius 1 is 1.03 bits per heavy atom. The quantitative estimate of drug-likeness (QED) is 0.352. The van der Waals surface area contributed by atoms with E-state index >= 15 is 0 Å². The zero-order valence-corrected chi connectivity index (χ0v) is 17.8. The predicted octanol–water partition coefficient (Wildman–Crippen LogP) is 5.20. The number of nitrogens with zero attached hydrogens (tertiary/aromatic N) is 1. The van der Waals surface area contributed by atoms with Crippen LogP contribution in [0.4, 0.5) is 5.69 Å². The smallest absolute Gasteiger partial charge is 0.337 e. The molecule has 0 aliphatic heterocycles. The van der Waals surface area contributed by atoms with E-state index in [0.29, 0.717) is 22.8 Å². The number of rotatable bonds is 5. The summed E-state index contributed by atoms with van der Waals surface area (Å²) in [4.78, 5) is 24.2. The number of benzene rings is 2. The lowest BCUT2D eigenvalue weighted by molar-refractivity contribution is -0.112. The first-order valence-electron chi connectivity index (χ1n) is 9.62. The van der Waals surface area contributed by atoms with Gasteiger partial charge in [-0.1, -0.05) is 29.8 Å². The molecule has 31 heavy (non-hydrogen) atoms. The van der Waals surface area contributed by atoms with E-state index in [2.05, 4.69) is 10.1 Å². The zero-order valence-electron chi connectivity index (χ0n) is 17.8. The largest absolute Gasteiger partial charge is 0.465 e. The normalized spacial score (nSPS) is 11.0. The van der Waals surface area contributed by atoms with Gasteiger partial charge in [0.05, 0.1) is 12.7 Å². The Bertz CT molecular complexity index is 1190. The molecule has 0 atom stereocenters. The van der Waals surface area contributed by atoms with Crippen molar-refractivity contribution in [3.05, 3.63) is 82.1 Å². The number of esters is 1. The van der Waals surface area contributed by atoms with Gasteiger partial charge < -0.3 is 14.5 Å². The van der Waals surface area contributed by atoms with Gasteiger partial charge in [0.25, 0.3) is 5.91 Å². The Hall–Kier alpha value is -4.11. The first-order valence-corrected chi connectivity index (χ1v) is 9.62. The van der Waals surface area contributed by atoms with Gasteiger partial charge in [-0.05, 0) is 56.2 Å². The number of furan rings is 1. The van der Waals surface area contributed by atoms with Gasteiger partial charge in [-0.3, -0.25) is 4.79 Å². The van der Waals surface area contributed by atoms with Crippen molar-refractivity contribution in [2.45, 2.75) is 20.8 Å². The van der Waals surface area contributed by atoms with E-state index in [1.54, 1.807) is 36.4 Å². The van der Waals surface area contributed by atoms with Crippen LogP contribution in [0.3, 0.4) is 0 Å². The average molecular weight is 414 g/mol. The van der Waals surface area contributed by atoms with Crippen LogP contribution in [0.25, 0.3) is 17.4 Å². The molecule has 1 aromatic heterocycles. The van der Waals surface area contributed by atoms with E-state index in [0.717, 1.165) is 22.3 Å². The second-order valence-electron chi connectivity index (χ2n) is 7.17. The maximum atomic E-state index is 12.7. The number of ether oxygens (including phenoxy) is 1. The predicted molar refractivity (Wildman–Crippen MR) is 118 cm³/mol. The lowest BCUT2D eigenvalue weighted by Gasteiger charge is -2.12. The molecule has 0 radical (unpaired) electrons. The molecule has 0 saturated carbocycles. The maximum Gasteiger partial charge on any atom is 0.337 e. The van der Waals surface area contributed by atoms with Crippen LogP contribution in [-0.2, 0) is 9.53 Å². The van der Waals surface area contributed by atoms with Gasteiger partial charge in [0, 0.05) is 17.3 Å². The Kier molecular flexibility index (Phi) is 6.37. The van der Waals surface area contributed by atoms with Crippen LogP contribution in [0.2, 0.25) is 0 Å². The Morgan fingerprint density at radius 2 is 1.68 bits per heavy atom. The minimum atomic E-state index is -0.502. The monoisotopic (exact) mass is 414 g/mol. The molecule has 3 aromatic rings. The molecule has 2 aromatic carbocycles. The van der Waals surface area contributed by atoms with E-state index in [4.69, 9.17) is 4.42 Å². The molecule has 1 N–H and O–H groups in total. The summed E-state index contributed by atoms with van der Waals surface area (Å²) >= 11 is 0. The van der Waals surface area contributed by atoms with Gasteiger partial charge >= 0.3 is 5.97 Å². The molecule has 6 nitrogen and oxygen atoms in total. The van der Waals surface area contributed by atoms with Crippen molar-refractivity contribution in [3.8, 4) is 17.4 Å². The van der Waals surface area contributed by atoms with Crippen LogP contribution in [0, 0.1) is 32.1 Å². The number of hydrogen-bond acceptors (Lipinski definition) is 5. The van der Waals surface area contributed by atoms with Gasteiger partial charge in [0.15, 0.2) is 0 Å². The topological polar surface area (TPSA) is 92.3 Å². The number of carbonyl (C=O) groups excluding carboxylic acids is 2. The third-order valence-electron chi connectivity index (χ3n) is 4.78. The van der Waals surface area contributed by atoms with Gasteiger partial charge in [0.2, 0.25) is 0 Å². The number of methoxy groups -OCH3 is 1. The standard InChI is InChI=1S/C25H22N2O4/c1-15-11-16(2)23(17(3)12-15)27-24(28)20(14-26)13-21-9-10-22(31-21)18-5-7-19(8-6-18)25(29)30-4/h5-13H,1-4H3,(H,27,28)/b20-13-. The fraction of sp³-hybridized carbons (Fsp3) is 0.160. The summed E-state index contributed by atoms with van der Waals surface area (Å²) in [6, 6.07) is 16.0. The van der Waals surface area contributed by atoms with Crippen molar-refractivity contribution >= 4 is 23.6 Å². The van der Waals surface area contributed by atoms with Crippen LogP contribution in [0.5, 0.6) is 0 Å². The summed E-state index contributed by atoms with van der Waals surface area (Å²) in [6.07, 6.45) is 1.40. The molecule has 1 heterocycles. The third kappa shape index (κ3) is 4.90. The van der Waals surface area contributed by atoms with Gasteiger partial charge in [-0.2, -0.15) is 5.26 Å². The van der Waals surface area contributed by atoms with Crippen molar-refractivity contribution in [2.24, 2.45) is 0 Å². The van der Waals surface area contributed by atoms with Crippen LogP contribution >= 0.6 is 0 Å². The number of nitrogens with one attached hydrogen (secondary N) is 1. The summed E-state index contributed by atoms with van der Waals surface area (Å²) in [6.45, 7) is 5.81. The minimum absolute atomic E-state index is 0.0682. The molecular weight excluding hydrogens is 392 g/mol. The Labute approximate surface area is 180 Å². The lowest BCUT2D eigenvalue weighted by Crippen LogP contribution is -2.15. The number of nitriles is 1. The van der Waals surface area contributed by atoms with Gasteiger partial charge in [-0.15, -0.1) is 0 Å². The molecule has 6 heteroatoms. The van der Waals surface area contributed by atoms with Crippen molar-refractivity contribution in [3.63, 3.8) is 0 Å². The van der Waals surface area contributed by atoms with E-state index in [1.165, 1.54) is 13.2 Å². The fourth-order valence-corrected chi connectivity index (χ4v) is 3.32. The maximum absolute atomic E-state index is 12.7. The van der Waals surface area contributed by atoms with Crippen molar-refractivity contribution < 1.29 is 18.7 Å².